The average molecular weight is 286 g/mol. The smallest absolute Gasteiger partial charge is 0.231 e. The second-order valence-corrected chi connectivity index (χ2v) is 5.51. The Kier molecular flexibility index (Phi) is 3.66. The summed E-state index contributed by atoms with van der Waals surface area (Å²) in [7, 11) is 0. The Hall–Kier alpha value is -2.28. The summed E-state index contributed by atoms with van der Waals surface area (Å²) in [4.78, 5) is 20.8. The molecule has 2 aromatic heterocycles. The molecule has 7 nitrogen and oxygen atoms in total. The van der Waals surface area contributed by atoms with Crippen LogP contribution in [0.25, 0.3) is 5.82 Å². The van der Waals surface area contributed by atoms with Crippen LogP contribution in [0.5, 0.6) is 0 Å². The van der Waals surface area contributed by atoms with Gasteiger partial charge in [0.1, 0.15) is 12.7 Å². The zero-order valence-electron chi connectivity index (χ0n) is 11.9. The van der Waals surface area contributed by atoms with E-state index in [2.05, 4.69) is 25.7 Å². The van der Waals surface area contributed by atoms with Crippen molar-refractivity contribution < 1.29 is 4.79 Å². The lowest BCUT2D eigenvalue weighted by Crippen LogP contribution is -2.46. The first kappa shape index (κ1) is 13.7. The highest BCUT2D eigenvalue weighted by molar-refractivity contribution is 5.96. The summed E-state index contributed by atoms with van der Waals surface area (Å²) in [5, 5.41) is 10.3. The minimum Gasteiger partial charge on any atom is -0.322 e. The number of rotatable bonds is 3. The van der Waals surface area contributed by atoms with Crippen LogP contribution in [0.3, 0.4) is 0 Å². The predicted molar refractivity (Wildman–Crippen MR) is 78.0 cm³/mol. The van der Waals surface area contributed by atoms with Gasteiger partial charge in [0.15, 0.2) is 5.82 Å². The van der Waals surface area contributed by atoms with Crippen molar-refractivity contribution in [3.05, 3.63) is 31.0 Å². The topological polar surface area (TPSA) is 84.7 Å². The third kappa shape index (κ3) is 2.78. The maximum absolute atomic E-state index is 12.6. The molecule has 1 fully saturated rings. The third-order valence-corrected chi connectivity index (χ3v) is 3.82. The van der Waals surface area contributed by atoms with Crippen LogP contribution in [0.4, 0.5) is 5.69 Å². The van der Waals surface area contributed by atoms with Gasteiger partial charge in [-0.3, -0.25) is 4.79 Å². The van der Waals surface area contributed by atoms with Crippen molar-refractivity contribution in [2.75, 3.05) is 18.4 Å². The van der Waals surface area contributed by atoms with Crippen LogP contribution in [0.15, 0.2) is 31.0 Å². The largest absolute Gasteiger partial charge is 0.322 e. The number of pyridine rings is 1. The van der Waals surface area contributed by atoms with Crippen molar-refractivity contribution in [2.24, 2.45) is 5.41 Å². The Balaban J connectivity index is 1.83. The van der Waals surface area contributed by atoms with Crippen molar-refractivity contribution in [3.63, 3.8) is 0 Å². The molecule has 110 valence electrons. The van der Waals surface area contributed by atoms with Crippen molar-refractivity contribution in [1.29, 1.82) is 0 Å². The highest BCUT2D eigenvalue weighted by Gasteiger charge is 2.35. The van der Waals surface area contributed by atoms with Crippen molar-refractivity contribution in [2.45, 2.75) is 19.8 Å². The van der Waals surface area contributed by atoms with E-state index in [1.54, 1.807) is 18.6 Å². The molecular weight excluding hydrogens is 268 g/mol. The first-order valence-electron chi connectivity index (χ1n) is 7.01. The maximum Gasteiger partial charge on any atom is 0.231 e. The summed E-state index contributed by atoms with van der Waals surface area (Å²) in [6, 6.07) is 3.61. The lowest BCUT2D eigenvalue weighted by atomic mass is 9.82. The van der Waals surface area contributed by atoms with E-state index in [0.29, 0.717) is 18.1 Å². The molecule has 7 heteroatoms. The molecule has 0 spiro atoms. The van der Waals surface area contributed by atoms with Gasteiger partial charge in [-0.2, -0.15) is 5.10 Å². The van der Waals surface area contributed by atoms with Gasteiger partial charge in [-0.1, -0.05) is 0 Å². The van der Waals surface area contributed by atoms with E-state index in [4.69, 9.17) is 0 Å². The van der Waals surface area contributed by atoms with Gasteiger partial charge in [0, 0.05) is 12.7 Å². The lowest BCUT2D eigenvalue weighted by Gasteiger charge is -2.32. The molecule has 1 atom stereocenters. The highest BCUT2D eigenvalue weighted by Crippen LogP contribution is 2.28. The molecule has 0 saturated carbocycles. The van der Waals surface area contributed by atoms with E-state index < -0.39 is 5.41 Å². The number of hydrogen-bond acceptors (Lipinski definition) is 5. The van der Waals surface area contributed by atoms with Crippen LogP contribution in [-0.4, -0.2) is 38.7 Å². The lowest BCUT2D eigenvalue weighted by molar-refractivity contribution is -0.125. The van der Waals surface area contributed by atoms with Gasteiger partial charge in [-0.25, -0.2) is 14.6 Å². The molecule has 3 rings (SSSR count). The molecule has 21 heavy (non-hydrogen) atoms. The number of piperidine rings is 1. The Labute approximate surface area is 122 Å². The Morgan fingerprint density at radius 2 is 2.43 bits per heavy atom. The van der Waals surface area contributed by atoms with E-state index in [0.717, 1.165) is 19.4 Å². The molecule has 1 saturated heterocycles. The third-order valence-electron chi connectivity index (χ3n) is 3.82. The molecule has 1 unspecified atom stereocenters. The fourth-order valence-electron chi connectivity index (χ4n) is 2.52. The van der Waals surface area contributed by atoms with Gasteiger partial charge in [-0.15, -0.1) is 0 Å². The van der Waals surface area contributed by atoms with Crippen LogP contribution in [0.1, 0.15) is 19.8 Å². The van der Waals surface area contributed by atoms with Crippen molar-refractivity contribution in [3.8, 4) is 5.82 Å². The van der Waals surface area contributed by atoms with Gasteiger partial charge in [0.25, 0.3) is 0 Å². The molecule has 0 aromatic carbocycles. The van der Waals surface area contributed by atoms with E-state index in [1.807, 2.05) is 13.0 Å². The van der Waals surface area contributed by atoms with Crippen LogP contribution < -0.4 is 10.6 Å². The summed E-state index contributed by atoms with van der Waals surface area (Å²) >= 11 is 0. The molecule has 3 heterocycles. The summed E-state index contributed by atoms with van der Waals surface area (Å²) in [6.45, 7) is 3.65. The number of anilines is 1. The van der Waals surface area contributed by atoms with Crippen LogP contribution >= 0.6 is 0 Å². The zero-order valence-corrected chi connectivity index (χ0v) is 11.9. The number of hydrogen-bond donors (Lipinski definition) is 2. The summed E-state index contributed by atoms with van der Waals surface area (Å²) < 4.78 is 1.54. The summed E-state index contributed by atoms with van der Waals surface area (Å²) in [6.07, 6.45) is 6.54. The normalized spacial score (nSPS) is 22.0. The second kappa shape index (κ2) is 5.61. The monoisotopic (exact) mass is 286 g/mol. The number of carbonyl (C=O) groups excluding carboxylic acids is 1. The zero-order chi connectivity index (χ0) is 14.7. The Morgan fingerprint density at radius 3 is 3.14 bits per heavy atom. The number of nitrogens with zero attached hydrogens (tertiary/aromatic N) is 4. The van der Waals surface area contributed by atoms with Crippen molar-refractivity contribution in [1.82, 2.24) is 25.1 Å². The predicted octanol–water partition coefficient (Wildman–Crippen LogP) is 0.990. The number of nitrogens with one attached hydrogen (secondary N) is 2. The molecule has 0 bridgehead atoms. The second-order valence-electron chi connectivity index (χ2n) is 5.51. The molecule has 0 radical (unpaired) electrons. The molecule has 1 aliphatic rings. The number of amides is 1. The van der Waals surface area contributed by atoms with Crippen LogP contribution in [0, 0.1) is 5.41 Å². The van der Waals surface area contributed by atoms with Crippen molar-refractivity contribution >= 4 is 11.6 Å². The van der Waals surface area contributed by atoms with Crippen LogP contribution in [-0.2, 0) is 4.79 Å². The van der Waals surface area contributed by atoms with Gasteiger partial charge < -0.3 is 10.6 Å². The maximum atomic E-state index is 12.6. The van der Waals surface area contributed by atoms with E-state index in [-0.39, 0.29) is 5.91 Å². The highest BCUT2D eigenvalue weighted by atomic mass is 16.2. The first-order valence-corrected chi connectivity index (χ1v) is 7.01. The van der Waals surface area contributed by atoms with E-state index in [1.165, 1.54) is 11.0 Å². The molecular formula is C14H18N6O. The molecule has 1 aliphatic heterocycles. The summed E-state index contributed by atoms with van der Waals surface area (Å²) in [5.74, 6) is 0.569. The number of carbonyl (C=O) groups is 1. The van der Waals surface area contributed by atoms with E-state index in [9.17, 15) is 4.79 Å². The van der Waals surface area contributed by atoms with Crippen LogP contribution in [0.2, 0.25) is 0 Å². The van der Waals surface area contributed by atoms with Gasteiger partial charge in [0.05, 0.1) is 11.1 Å². The number of aromatic nitrogens is 4. The fraction of sp³-hybridized carbons (Fsp3) is 0.429. The molecule has 0 aliphatic carbocycles. The molecule has 2 aromatic rings. The first-order chi connectivity index (χ1) is 10.2. The fourth-order valence-corrected chi connectivity index (χ4v) is 2.52. The van der Waals surface area contributed by atoms with Gasteiger partial charge >= 0.3 is 0 Å². The SMILES string of the molecule is CC1(C(=O)Nc2cccnc2-n2cncn2)CCCNC1. The average Bonchev–Trinajstić information content (AvgIpc) is 3.02. The van der Waals surface area contributed by atoms with Gasteiger partial charge in [-0.05, 0) is 38.4 Å². The minimum absolute atomic E-state index is 0.00376. The quantitative estimate of drug-likeness (QED) is 0.879. The Morgan fingerprint density at radius 1 is 1.52 bits per heavy atom. The van der Waals surface area contributed by atoms with Gasteiger partial charge in [0.2, 0.25) is 5.91 Å². The molecule has 2 N–H and O–H groups in total. The summed E-state index contributed by atoms with van der Waals surface area (Å²) in [5.41, 5.74) is 0.244. The molecule has 1 amide bonds. The van der Waals surface area contributed by atoms with E-state index >= 15 is 0 Å². The minimum atomic E-state index is -0.395. The standard InChI is InChI=1S/C14H18N6O/c1-14(5-3-6-15-8-14)13(21)19-11-4-2-7-17-12(11)20-10-16-9-18-20/h2,4,7,9-10,15H,3,5-6,8H2,1H3,(H,19,21). The Bertz CT molecular complexity index is 618.